The molecule has 136 valence electrons. The van der Waals surface area contributed by atoms with E-state index in [4.69, 9.17) is 9.51 Å². The molecule has 0 aliphatic carbocycles. The van der Waals surface area contributed by atoms with Crippen LogP contribution in [-0.4, -0.2) is 33.9 Å². The average Bonchev–Trinajstić information content (AvgIpc) is 3.08. The molecule has 0 bridgehead atoms. The number of nitrogens with one attached hydrogen (secondary N) is 1. The molecular formula is C19H18N6O2. The fourth-order valence-corrected chi connectivity index (χ4v) is 3.73. The number of nitrogens with zero attached hydrogens (tertiary/aromatic N) is 5. The smallest absolute Gasteiger partial charge is 0.330 e. The zero-order valence-corrected chi connectivity index (χ0v) is 15.0. The number of hydrogen-bond acceptors (Lipinski definition) is 6. The lowest BCUT2D eigenvalue weighted by molar-refractivity contribution is 0.252. The molecule has 1 N–H and O–H groups in total. The summed E-state index contributed by atoms with van der Waals surface area (Å²) >= 11 is 0. The maximum absolute atomic E-state index is 13.0. The average molecular weight is 362 g/mol. The van der Waals surface area contributed by atoms with Crippen LogP contribution in [0.2, 0.25) is 0 Å². The van der Waals surface area contributed by atoms with E-state index in [-0.39, 0.29) is 12.2 Å². The minimum atomic E-state index is -0.231. The summed E-state index contributed by atoms with van der Waals surface area (Å²) in [5, 5.41) is 6.88. The van der Waals surface area contributed by atoms with Gasteiger partial charge in [-0.25, -0.2) is 14.8 Å². The lowest BCUT2D eigenvalue weighted by atomic mass is 10.1. The molecular weight excluding hydrogens is 344 g/mol. The van der Waals surface area contributed by atoms with Gasteiger partial charge in [-0.2, -0.15) is 0 Å². The van der Waals surface area contributed by atoms with Crippen molar-refractivity contribution in [2.45, 2.75) is 26.4 Å². The third kappa shape index (κ3) is 2.37. The van der Waals surface area contributed by atoms with Gasteiger partial charge in [-0.15, -0.1) is 0 Å². The summed E-state index contributed by atoms with van der Waals surface area (Å²) in [6, 6.07) is 9.16. The zero-order valence-electron chi connectivity index (χ0n) is 15.0. The molecule has 1 atom stereocenters. The van der Waals surface area contributed by atoms with Gasteiger partial charge in [0.1, 0.15) is 17.7 Å². The molecule has 2 aliphatic heterocycles. The lowest BCUT2D eigenvalue weighted by Gasteiger charge is -2.39. The van der Waals surface area contributed by atoms with E-state index in [9.17, 15) is 4.79 Å². The number of hydrogen-bond donors (Lipinski definition) is 1. The van der Waals surface area contributed by atoms with Crippen LogP contribution < -0.4 is 15.1 Å². The first kappa shape index (κ1) is 15.8. The van der Waals surface area contributed by atoms with Gasteiger partial charge in [-0.3, -0.25) is 10.2 Å². The van der Waals surface area contributed by atoms with E-state index in [0.29, 0.717) is 17.4 Å². The van der Waals surface area contributed by atoms with Gasteiger partial charge in [-0.05, 0) is 38.1 Å². The molecule has 0 spiro atoms. The van der Waals surface area contributed by atoms with E-state index < -0.39 is 0 Å². The van der Waals surface area contributed by atoms with Crippen molar-refractivity contribution in [3.05, 3.63) is 48.0 Å². The Kier molecular flexibility index (Phi) is 3.40. The highest BCUT2D eigenvalue weighted by Gasteiger charge is 2.46. The second-order valence-electron chi connectivity index (χ2n) is 6.72. The van der Waals surface area contributed by atoms with Gasteiger partial charge in [-0.1, -0.05) is 11.2 Å². The highest BCUT2D eigenvalue weighted by molar-refractivity contribution is 6.06. The van der Waals surface area contributed by atoms with Crippen molar-refractivity contribution in [2.75, 3.05) is 21.7 Å². The van der Waals surface area contributed by atoms with Gasteiger partial charge < -0.3 is 9.42 Å². The topological polar surface area (TPSA) is 87.4 Å². The minimum Gasteiger partial charge on any atom is -0.361 e. The molecule has 2 aliphatic rings. The van der Waals surface area contributed by atoms with Crippen LogP contribution in [0.15, 0.2) is 41.1 Å². The summed E-state index contributed by atoms with van der Waals surface area (Å²) in [5.41, 5.74) is 3.38. The molecule has 1 unspecified atom stereocenters. The summed E-state index contributed by atoms with van der Waals surface area (Å²) in [5.74, 6) is 1.89. The van der Waals surface area contributed by atoms with Gasteiger partial charge >= 0.3 is 6.03 Å². The van der Waals surface area contributed by atoms with E-state index in [2.05, 4.69) is 20.4 Å². The molecule has 27 heavy (non-hydrogen) atoms. The van der Waals surface area contributed by atoms with Crippen LogP contribution in [0, 0.1) is 13.8 Å². The van der Waals surface area contributed by atoms with Gasteiger partial charge in [0.15, 0.2) is 5.82 Å². The maximum Gasteiger partial charge on any atom is 0.330 e. The fraction of sp³-hybridized carbons (Fsp3) is 0.263. The SMILES string of the molecule is Cc1noc(C)c1-c1ccc2c(n1)N(C(=O)Nc1ccccn1)C1CCN21. The van der Waals surface area contributed by atoms with Crippen molar-refractivity contribution < 1.29 is 9.32 Å². The number of urea groups is 1. The molecule has 3 aromatic rings. The van der Waals surface area contributed by atoms with Gasteiger partial charge in [0.05, 0.1) is 22.6 Å². The summed E-state index contributed by atoms with van der Waals surface area (Å²) < 4.78 is 5.28. The maximum atomic E-state index is 13.0. The molecule has 1 saturated heterocycles. The van der Waals surface area contributed by atoms with Gasteiger partial charge in [0.2, 0.25) is 0 Å². The highest BCUT2D eigenvalue weighted by Crippen LogP contribution is 2.45. The van der Waals surface area contributed by atoms with Crippen LogP contribution >= 0.6 is 0 Å². The Bertz CT molecular complexity index is 1010. The third-order valence-corrected chi connectivity index (χ3v) is 5.09. The molecule has 5 rings (SSSR count). The van der Waals surface area contributed by atoms with Crippen molar-refractivity contribution in [1.29, 1.82) is 0 Å². The normalized spacial score (nSPS) is 17.3. The first-order valence-electron chi connectivity index (χ1n) is 8.85. The van der Waals surface area contributed by atoms with Crippen LogP contribution in [0.3, 0.4) is 0 Å². The number of rotatable bonds is 2. The predicted molar refractivity (Wildman–Crippen MR) is 101 cm³/mol. The molecule has 8 nitrogen and oxygen atoms in total. The highest BCUT2D eigenvalue weighted by atomic mass is 16.5. The fourth-order valence-electron chi connectivity index (χ4n) is 3.73. The predicted octanol–water partition coefficient (Wildman–Crippen LogP) is 3.34. The second-order valence-corrected chi connectivity index (χ2v) is 6.72. The molecule has 3 aromatic heterocycles. The Balaban J connectivity index is 1.54. The second kappa shape index (κ2) is 5.80. The number of amides is 2. The number of anilines is 3. The van der Waals surface area contributed by atoms with E-state index in [1.54, 1.807) is 17.2 Å². The number of fused-ring (bicyclic) bond motifs is 3. The van der Waals surface area contributed by atoms with Crippen molar-refractivity contribution in [2.24, 2.45) is 0 Å². The molecule has 0 saturated carbocycles. The van der Waals surface area contributed by atoms with Crippen molar-refractivity contribution in [1.82, 2.24) is 15.1 Å². The van der Waals surface area contributed by atoms with E-state index in [1.165, 1.54) is 0 Å². The Labute approximate surface area is 155 Å². The molecule has 8 heteroatoms. The molecule has 2 amide bonds. The van der Waals surface area contributed by atoms with Crippen LogP contribution in [0.5, 0.6) is 0 Å². The Morgan fingerprint density at radius 1 is 1.26 bits per heavy atom. The Morgan fingerprint density at radius 3 is 2.81 bits per heavy atom. The number of carbonyl (C=O) groups is 1. The molecule has 0 aromatic carbocycles. The van der Waals surface area contributed by atoms with Crippen molar-refractivity contribution >= 4 is 23.4 Å². The summed E-state index contributed by atoms with van der Waals surface area (Å²) in [7, 11) is 0. The number of aryl methyl sites for hydroxylation is 2. The first-order valence-corrected chi connectivity index (χ1v) is 8.85. The Morgan fingerprint density at radius 2 is 2.15 bits per heavy atom. The van der Waals surface area contributed by atoms with Crippen molar-refractivity contribution in [3.63, 3.8) is 0 Å². The molecule has 0 radical (unpaired) electrons. The quantitative estimate of drug-likeness (QED) is 0.752. The monoisotopic (exact) mass is 362 g/mol. The number of carbonyl (C=O) groups excluding carboxylic acids is 1. The minimum absolute atomic E-state index is 0.00358. The first-order chi connectivity index (χ1) is 13.1. The number of pyridine rings is 2. The van der Waals surface area contributed by atoms with Gasteiger partial charge in [0, 0.05) is 19.2 Å². The Hall–Kier alpha value is -3.42. The van der Waals surface area contributed by atoms with Crippen LogP contribution in [0.1, 0.15) is 17.9 Å². The lowest BCUT2D eigenvalue weighted by Crippen LogP contribution is -2.56. The summed E-state index contributed by atoms with van der Waals surface area (Å²) in [6.07, 6.45) is 2.56. The van der Waals surface area contributed by atoms with Crippen LogP contribution in [-0.2, 0) is 0 Å². The standard InChI is InChI=1S/C19H18N6O2/c1-11-17(12(2)27-23-11)13-6-7-14-18(21-13)25(16-8-10-24(14)16)19(26)22-15-5-3-4-9-20-15/h3-7,9,16H,8,10H2,1-2H3,(H,20,22,26). The summed E-state index contributed by atoms with van der Waals surface area (Å²) in [4.78, 5) is 25.9. The van der Waals surface area contributed by atoms with Crippen molar-refractivity contribution in [3.8, 4) is 11.3 Å². The zero-order chi connectivity index (χ0) is 18.5. The molecule has 5 heterocycles. The number of aromatic nitrogens is 3. The van der Waals surface area contributed by atoms with E-state index in [1.807, 2.05) is 38.1 Å². The largest absolute Gasteiger partial charge is 0.361 e. The summed E-state index contributed by atoms with van der Waals surface area (Å²) in [6.45, 7) is 4.67. The van der Waals surface area contributed by atoms with E-state index in [0.717, 1.165) is 35.6 Å². The van der Waals surface area contributed by atoms with Gasteiger partial charge in [0.25, 0.3) is 0 Å². The third-order valence-electron chi connectivity index (χ3n) is 5.09. The van der Waals surface area contributed by atoms with Crippen LogP contribution in [0.25, 0.3) is 11.3 Å². The molecule has 1 fully saturated rings. The van der Waals surface area contributed by atoms with Crippen LogP contribution in [0.4, 0.5) is 22.1 Å². The van der Waals surface area contributed by atoms with E-state index >= 15 is 0 Å².